The summed E-state index contributed by atoms with van der Waals surface area (Å²) < 4.78 is 46.3. The molecular formula is C19H22N4O6S. The molecule has 30 heavy (non-hydrogen) atoms. The summed E-state index contributed by atoms with van der Waals surface area (Å²) >= 11 is 0. The molecule has 1 aliphatic rings. The lowest BCUT2D eigenvalue weighted by Crippen LogP contribution is -2.32. The quantitative estimate of drug-likeness (QED) is 0.544. The van der Waals surface area contributed by atoms with Gasteiger partial charge in [0, 0.05) is 18.7 Å². The summed E-state index contributed by atoms with van der Waals surface area (Å²) in [6.45, 7) is 0.0780. The summed E-state index contributed by atoms with van der Waals surface area (Å²) in [7, 11) is -0.902. The molecule has 4 rings (SSSR count). The lowest BCUT2D eigenvalue weighted by Gasteiger charge is -2.11. The molecule has 3 aromatic rings. The van der Waals surface area contributed by atoms with Gasteiger partial charge in [0.25, 0.3) is 0 Å². The van der Waals surface area contributed by atoms with Crippen LogP contribution in [0.5, 0.6) is 11.5 Å². The van der Waals surface area contributed by atoms with Gasteiger partial charge in [-0.3, -0.25) is 4.57 Å². The van der Waals surface area contributed by atoms with Gasteiger partial charge in [-0.1, -0.05) is 0 Å². The molecule has 2 heterocycles. The van der Waals surface area contributed by atoms with Crippen LogP contribution in [0, 0.1) is 0 Å². The summed E-state index contributed by atoms with van der Waals surface area (Å²) in [4.78, 5) is 12.8. The van der Waals surface area contributed by atoms with Crippen LogP contribution in [0.4, 0.5) is 0 Å². The first-order valence-corrected chi connectivity index (χ1v) is 10.9. The number of methoxy groups -OCH3 is 2. The molecule has 0 unspecified atom stereocenters. The fourth-order valence-corrected chi connectivity index (χ4v) is 4.19. The molecule has 1 aromatic carbocycles. The Labute approximate surface area is 173 Å². The van der Waals surface area contributed by atoms with Crippen molar-refractivity contribution >= 4 is 10.0 Å². The van der Waals surface area contributed by atoms with Crippen molar-refractivity contribution in [2.45, 2.75) is 30.3 Å². The van der Waals surface area contributed by atoms with E-state index in [1.54, 1.807) is 16.7 Å². The van der Waals surface area contributed by atoms with Crippen LogP contribution in [0.25, 0.3) is 11.6 Å². The number of rotatable bonds is 9. The zero-order valence-corrected chi connectivity index (χ0v) is 17.4. The van der Waals surface area contributed by atoms with Gasteiger partial charge in [0.1, 0.15) is 0 Å². The Morgan fingerprint density at radius 3 is 2.60 bits per heavy atom. The summed E-state index contributed by atoms with van der Waals surface area (Å²) in [5.74, 6) is 1.70. The molecule has 0 atom stereocenters. The highest BCUT2D eigenvalue weighted by Gasteiger charge is 2.31. The summed E-state index contributed by atoms with van der Waals surface area (Å²) in [6, 6.07) is 7.90. The van der Waals surface area contributed by atoms with E-state index < -0.39 is 10.0 Å². The van der Waals surface area contributed by atoms with Crippen LogP contribution in [0.1, 0.15) is 18.9 Å². The SMILES string of the molecule is COc1ccc(S(=O)(=O)NCCn2nc(-c3ccco3)n(C3CC3)c2=O)cc1OC. The average molecular weight is 434 g/mol. The number of furan rings is 1. The van der Waals surface area contributed by atoms with Crippen molar-refractivity contribution in [2.75, 3.05) is 20.8 Å². The topological polar surface area (TPSA) is 118 Å². The Balaban J connectivity index is 1.50. The van der Waals surface area contributed by atoms with Gasteiger partial charge >= 0.3 is 5.69 Å². The van der Waals surface area contributed by atoms with Crippen molar-refractivity contribution in [2.24, 2.45) is 0 Å². The average Bonchev–Trinajstić information content (AvgIpc) is 3.31. The third-order valence-electron chi connectivity index (χ3n) is 4.81. The maximum Gasteiger partial charge on any atom is 0.346 e. The van der Waals surface area contributed by atoms with Gasteiger partial charge in [-0.15, -0.1) is 5.10 Å². The van der Waals surface area contributed by atoms with Crippen LogP contribution in [0.3, 0.4) is 0 Å². The lowest BCUT2D eigenvalue weighted by atomic mass is 10.3. The van der Waals surface area contributed by atoms with E-state index in [9.17, 15) is 13.2 Å². The predicted octanol–water partition coefficient (Wildman–Crippen LogP) is 1.64. The van der Waals surface area contributed by atoms with Crippen molar-refractivity contribution < 1.29 is 22.3 Å². The van der Waals surface area contributed by atoms with Crippen LogP contribution < -0.4 is 19.9 Å². The molecule has 1 aliphatic carbocycles. The Morgan fingerprint density at radius 2 is 1.97 bits per heavy atom. The Kier molecular flexibility index (Phi) is 5.39. The van der Waals surface area contributed by atoms with Crippen molar-refractivity contribution in [3.63, 3.8) is 0 Å². The van der Waals surface area contributed by atoms with Crippen LogP contribution in [-0.4, -0.2) is 43.5 Å². The fourth-order valence-electron chi connectivity index (χ4n) is 3.15. The van der Waals surface area contributed by atoms with Crippen LogP contribution in [-0.2, 0) is 16.6 Å². The first kappa shape index (κ1) is 20.2. The molecule has 1 N–H and O–H groups in total. The van der Waals surface area contributed by atoms with Gasteiger partial charge in [-0.2, -0.15) is 0 Å². The Hall–Kier alpha value is -3.05. The van der Waals surface area contributed by atoms with Gasteiger partial charge in [-0.25, -0.2) is 22.6 Å². The number of ether oxygens (including phenoxy) is 2. The van der Waals surface area contributed by atoms with E-state index >= 15 is 0 Å². The molecule has 0 saturated heterocycles. The number of sulfonamides is 1. The molecule has 160 valence electrons. The second-order valence-corrected chi connectivity index (χ2v) is 8.59. The van der Waals surface area contributed by atoms with Crippen LogP contribution >= 0.6 is 0 Å². The van der Waals surface area contributed by atoms with E-state index in [1.807, 2.05) is 0 Å². The highest BCUT2D eigenvalue weighted by molar-refractivity contribution is 7.89. The zero-order chi connectivity index (χ0) is 21.3. The highest BCUT2D eigenvalue weighted by Crippen LogP contribution is 2.36. The molecule has 0 amide bonds. The number of nitrogens with zero attached hydrogens (tertiary/aromatic N) is 3. The van der Waals surface area contributed by atoms with Gasteiger partial charge in [0.2, 0.25) is 15.8 Å². The van der Waals surface area contributed by atoms with Gasteiger partial charge in [0.05, 0.1) is 31.9 Å². The maximum absolute atomic E-state index is 12.8. The van der Waals surface area contributed by atoms with E-state index in [1.165, 1.54) is 43.4 Å². The number of hydrogen-bond donors (Lipinski definition) is 1. The van der Waals surface area contributed by atoms with Crippen LogP contribution in [0.15, 0.2) is 50.7 Å². The normalized spacial score (nSPS) is 14.1. The Morgan fingerprint density at radius 1 is 1.20 bits per heavy atom. The summed E-state index contributed by atoms with van der Waals surface area (Å²) in [5, 5.41) is 4.36. The molecule has 2 aromatic heterocycles. The van der Waals surface area contributed by atoms with E-state index in [-0.39, 0.29) is 29.7 Å². The molecule has 0 spiro atoms. The largest absolute Gasteiger partial charge is 0.493 e. The van der Waals surface area contributed by atoms with E-state index in [2.05, 4.69) is 9.82 Å². The molecule has 11 heteroatoms. The standard InChI is InChI=1S/C19H22N4O6S/c1-27-15-8-7-14(12-17(15)28-2)30(25,26)20-9-10-22-19(24)23(13-5-6-13)18(21-22)16-4-3-11-29-16/h3-4,7-8,11-13,20H,5-6,9-10H2,1-2H3. The number of benzene rings is 1. The highest BCUT2D eigenvalue weighted by atomic mass is 32.2. The first-order chi connectivity index (χ1) is 14.4. The van der Waals surface area contributed by atoms with E-state index in [0.29, 0.717) is 23.1 Å². The first-order valence-electron chi connectivity index (χ1n) is 9.39. The van der Waals surface area contributed by atoms with E-state index in [0.717, 1.165) is 12.8 Å². The minimum Gasteiger partial charge on any atom is -0.493 e. The van der Waals surface area contributed by atoms with Crippen LogP contribution in [0.2, 0.25) is 0 Å². The van der Waals surface area contributed by atoms with Crippen molar-refractivity contribution in [3.8, 4) is 23.1 Å². The minimum atomic E-state index is -3.81. The smallest absolute Gasteiger partial charge is 0.346 e. The van der Waals surface area contributed by atoms with Crippen molar-refractivity contribution in [3.05, 3.63) is 47.1 Å². The minimum absolute atomic E-state index is 0.00411. The second kappa shape index (κ2) is 8.00. The third-order valence-corrected chi connectivity index (χ3v) is 6.26. The molecule has 0 aliphatic heterocycles. The molecule has 1 saturated carbocycles. The zero-order valence-electron chi connectivity index (χ0n) is 16.6. The number of aromatic nitrogens is 3. The Bertz CT molecular complexity index is 1190. The van der Waals surface area contributed by atoms with Gasteiger partial charge in [-0.05, 0) is 37.1 Å². The second-order valence-electron chi connectivity index (χ2n) is 6.82. The molecular weight excluding hydrogens is 412 g/mol. The third kappa shape index (κ3) is 3.85. The molecule has 0 bridgehead atoms. The molecule has 1 fully saturated rings. The molecule has 0 radical (unpaired) electrons. The van der Waals surface area contributed by atoms with Crippen molar-refractivity contribution in [1.82, 2.24) is 19.1 Å². The van der Waals surface area contributed by atoms with Crippen molar-refractivity contribution in [1.29, 1.82) is 0 Å². The number of hydrogen-bond acceptors (Lipinski definition) is 7. The van der Waals surface area contributed by atoms with Gasteiger partial charge < -0.3 is 13.9 Å². The summed E-state index contributed by atoms with van der Waals surface area (Å²) in [6.07, 6.45) is 3.34. The predicted molar refractivity (Wildman–Crippen MR) is 107 cm³/mol. The molecule has 10 nitrogen and oxygen atoms in total. The number of nitrogens with one attached hydrogen (secondary N) is 1. The summed E-state index contributed by atoms with van der Waals surface area (Å²) in [5.41, 5.74) is -0.283. The van der Waals surface area contributed by atoms with E-state index in [4.69, 9.17) is 13.9 Å². The maximum atomic E-state index is 12.8. The lowest BCUT2D eigenvalue weighted by molar-refractivity contribution is 0.354. The van der Waals surface area contributed by atoms with Gasteiger partial charge in [0.15, 0.2) is 17.3 Å². The fraction of sp³-hybridized carbons (Fsp3) is 0.368. The monoisotopic (exact) mass is 434 g/mol.